The lowest BCUT2D eigenvalue weighted by atomic mass is 10.1. The molecule has 1 aromatic carbocycles. The van der Waals surface area contributed by atoms with E-state index < -0.39 is 0 Å². The maximum Gasteiger partial charge on any atom is 0.272 e. The summed E-state index contributed by atoms with van der Waals surface area (Å²) in [6.45, 7) is 3.59. The number of hydrogen-bond donors (Lipinski definition) is 1. The number of H-pyrrole nitrogens is 1. The van der Waals surface area contributed by atoms with E-state index in [-0.39, 0.29) is 17.8 Å². The van der Waals surface area contributed by atoms with Gasteiger partial charge in [-0.1, -0.05) is 12.1 Å². The van der Waals surface area contributed by atoms with Crippen molar-refractivity contribution >= 4 is 5.91 Å². The molecule has 2 bridgehead atoms. The quantitative estimate of drug-likeness (QED) is 0.899. The van der Waals surface area contributed by atoms with Crippen molar-refractivity contribution in [1.82, 2.24) is 20.0 Å². The molecule has 0 radical (unpaired) electrons. The first-order valence-corrected chi connectivity index (χ1v) is 8.49. The molecule has 1 aromatic heterocycles. The summed E-state index contributed by atoms with van der Waals surface area (Å²) < 4.78 is 19.7. The fraction of sp³-hybridized carbons (Fsp3) is 0.444. The molecular formula is C18H21FN4O2. The lowest BCUT2D eigenvalue weighted by Crippen LogP contribution is -2.46. The van der Waals surface area contributed by atoms with Gasteiger partial charge in [0.2, 0.25) is 0 Å². The summed E-state index contributed by atoms with van der Waals surface area (Å²) >= 11 is 0. The van der Waals surface area contributed by atoms with Crippen molar-refractivity contribution in [2.24, 2.45) is 5.92 Å². The number of rotatable bonds is 2. The Morgan fingerprint density at radius 2 is 2.12 bits per heavy atom. The van der Waals surface area contributed by atoms with Crippen LogP contribution in [0.25, 0.3) is 11.3 Å². The highest BCUT2D eigenvalue weighted by Crippen LogP contribution is 2.24. The smallest absolute Gasteiger partial charge is 0.272 e. The normalized spacial score (nSPS) is 24.2. The summed E-state index contributed by atoms with van der Waals surface area (Å²) in [6, 6.07) is 8.06. The van der Waals surface area contributed by atoms with Gasteiger partial charge in [0.1, 0.15) is 11.5 Å². The third kappa shape index (κ3) is 3.17. The Bertz CT molecular complexity index is 778. The predicted molar refractivity (Wildman–Crippen MR) is 90.6 cm³/mol. The maximum absolute atomic E-state index is 13.9. The predicted octanol–water partition coefficient (Wildman–Crippen LogP) is 1.62. The molecule has 1 N–H and O–H groups in total. The zero-order valence-electron chi connectivity index (χ0n) is 14.1. The first-order chi connectivity index (χ1) is 12.1. The van der Waals surface area contributed by atoms with Gasteiger partial charge >= 0.3 is 0 Å². The number of nitrogens with zero attached hydrogens (tertiary/aromatic N) is 3. The Morgan fingerprint density at radius 3 is 2.96 bits per heavy atom. The number of aromatic amines is 1. The van der Waals surface area contributed by atoms with Crippen molar-refractivity contribution in [3.8, 4) is 11.3 Å². The molecule has 2 saturated heterocycles. The molecule has 4 rings (SSSR count). The van der Waals surface area contributed by atoms with E-state index >= 15 is 0 Å². The van der Waals surface area contributed by atoms with Crippen LogP contribution in [0.1, 0.15) is 10.5 Å². The monoisotopic (exact) mass is 344 g/mol. The van der Waals surface area contributed by atoms with Gasteiger partial charge < -0.3 is 14.5 Å². The molecule has 0 unspecified atom stereocenters. The number of carbonyl (C=O) groups excluding carboxylic acids is 1. The SMILES string of the molecule is CN1C[C@@H]2COC[C@H](C1)N(C(=O)c1cc(-c3ccccc3F)n[nH]1)C2. The summed E-state index contributed by atoms with van der Waals surface area (Å²) in [5, 5.41) is 6.91. The maximum atomic E-state index is 13.9. The summed E-state index contributed by atoms with van der Waals surface area (Å²) in [5.41, 5.74) is 1.21. The molecule has 3 heterocycles. The van der Waals surface area contributed by atoms with Gasteiger partial charge in [-0.05, 0) is 25.2 Å². The number of benzene rings is 1. The average molecular weight is 344 g/mol. The third-order valence-electron chi connectivity index (χ3n) is 4.87. The lowest BCUT2D eigenvalue weighted by Gasteiger charge is -2.29. The van der Waals surface area contributed by atoms with Crippen LogP contribution in [-0.2, 0) is 4.74 Å². The molecular weight excluding hydrogens is 323 g/mol. The van der Waals surface area contributed by atoms with Crippen LogP contribution in [0.2, 0.25) is 0 Å². The van der Waals surface area contributed by atoms with Crippen LogP contribution in [-0.4, -0.2) is 71.8 Å². The first-order valence-electron chi connectivity index (χ1n) is 8.49. The third-order valence-corrected chi connectivity index (χ3v) is 4.87. The molecule has 0 spiro atoms. The molecule has 0 saturated carbocycles. The summed E-state index contributed by atoms with van der Waals surface area (Å²) in [6.07, 6.45) is 0. The van der Waals surface area contributed by atoms with Crippen molar-refractivity contribution in [2.45, 2.75) is 6.04 Å². The second kappa shape index (κ2) is 6.57. The minimum absolute atomic E-state index is 0.0187. The molecule has 6 nitrogen and oxygen atoms in total. The van der Waals surface area contributed by atoms with E-state index in [0.29, 0.717) is 42.6 Å². The molecule has 2 atom stereocenters. The number of nitrogens with one attached hydrogen (secondary N) is 1. The van der Waals surface area contributed by atoms with Gasteiger partial charge in [-0.3, -0.25) is 9.89 Å². The molecule has 2 aliphatic heterocycles. The van der Waals surface area contributed by atoms with Crippen molar-refractivity contribution in [3.63, 3.8) is 0 Å². The molecule has 2 fully saturated rings. The van der Waals surface area contributed by atoms with Crippen LogP contribution in [0, 0.1) is 11.7 Å². The minimum Gasteiger partial charge on any atom is -0.379 e. The van der Waals surface area contributed by atoms with Crippen LogP contribution in [0.4, 0.5) is 4.39 Å². The van der Waals surface area contributed by atoms with E-state index in [1.165, 1.54) is 6.07 Å². The highest BCUT2D eigenvalue weighted by molar-refractivity contribution is 5.93. The lowest BCUT2D eigenvalue weighted by molar-refractivity contribution is 0.0480. The molecule has 2 aromatic rings. The number of halogens is 1. The largest absolute Gasteiger partial charge is 0.379 e. The number of likely N-dealkylation sites (N-methyl/N-ethyl adjacent to an activating group) is 1. The fourth-order valence-electron chi connectivity index (χ4n) is 3.72. The topological polar surface area (TPSA) is 61.5 Å². The Balaban J connectivity index is 1.60. The zero-order valence-corrected chi connectivity index (χ0v) is 14.1. The van der Waals surface area contributed by atoms with Gasteiger partial charge in [0.05, 0.1) is 24.9 Å². The average Bonchev–Trinajstić information content (AvgIpc) is 2.91. The van der Waals surface area contributed by atoms with Crippen LogP contribution in [0.3, 0.4) is 0 Å². The van der Waals surface area contributed by atoms with Gasteiger partial charge in [-0.15, -0.1) is 0 Å². The van der Waals surface area contributed by atoms with Crippen LogP contribution >= 0.6 is 0 Å². The summed E-state index contributed by atoms with van der Waals surface area (Å²) in [5.74, 6) is -0.157. The van der Waals surface area contributed by atoms with E-state index in [4.69, 9.17) is 4.74 Å². The Morgan fingerprint density at radius 1 is 1.28 bits per heavy atom. The van der Waals surface area contributed by atoms with Crippen LogP contribution < -0.4 is 0 Å². The number of carbonyl (C=O) groups is 1. The molecule has 25 heavy (non-hydrogen) atoms. The standard InChI is InChI=1S/C18H21FN4O2/c1-22-7-12-8-23(13(9-22)11-25-10-12)18(24)17-6-16(20-21-17)14-4-2-3-5-15(14)19/h2-6,12-13H,7-11H2,1H3,(H,20,21)/t12-,13-/m0/s1. The molecule has 0 aliphatic carbocycles. The van der Waals surface area contributed by atoms with E-state index in [0.717, 1.165) is 13.1 Å². The highest BCUT2D eigenvalue weighted by atomic mass is 19.1. The summed E-state index contributed by atoms with van der Waals surface area (Å²) in [4.78, 5) is 17.1. The van der Waals surface area contributed by atoms with E-state index in [1.54, 1.807) is 24.3 Å². The van der Waals surface area contributed by atoms with Gasteiger partial charge in [0, 0.05) is 31.1 Å². The van der Waals surface area contributed by atoms with Crippen LogP contribution in [0.5, 0.6) is 0 Å². The highest BCUT2D eigenvalue weighted by Gasteiger charge is 2.35. The van der Waals surface area contributed by atoms with E-state index in [1.807, 2.05) is 4.90 Å². The number of ether oxygens (including phenoxy) is 1. The first kappa shape index (κ1) is 16.2. The Labute approximate surface area is 145 Å². The second-order valence-electron chi connectivity index (χ2n) is 6.88. The van der Waals surface area contributed by atoms with Crippen LogP contribution in [0.15, 0.2) is 30.3 Å². The second-order valence-corrected chi connectivity index (χ2v) is 6.88. The van der Waals surface area contributed by atoms with Gasteiger partial charge in [-0.2, -0.15) is 5.10 Å². The van der Waals surface area contributed by atoms with Crippen molar-refractivity contribution in [2.75, 3.05) is 39.9 Å². The van der Waals surface area contributed by atoms with Gasteiger partial charge in [-0.25, -0.2) is 4.39 Å². The molecule has 1 amide bonds. The minimum atomic E-state index is -0.353. The van der Waals surface area contributed by atoms with Crippen molar-refractivity contribution in [1.29, 1.82) is 0 Å². The van der Waals surface area contributed by atoms with E-state index in [2.05, 4.69) is 22.1 Å². The molecule has 2 aliphatic rings. The number of amides is 1. The van der Waals surface area contributed by atoms with Gasteiger partial charge in [0.15, 0.2) is 0 Å². The zero-order chi connectivity index (χ0) is 17.4. The summed E-state index contributed by atoms with van der Waals surface area (Å²) in [7, 11) is 2.08. The molecule has 132 valence electrons. The number of aromatic nitrogens is 2. The van der Waals surface area contributed by atoms with Crippen molar-refractivity contribution < 1.29 is 13.9 Å². The fourth-order valence-corrected chi connectivity index (χ4v) is 3.72. The Hall–Kier alpha value is -2.25. The number of fused-ring (bicyclic) bond motifs is 3. The molecule has 7 heteroatoms. The van der Waals surface area contributed by atoms with Crippen molar-refractivity contribution in [3.05, 3.63) is 41.8 Å². The number of hydrogen-bond acceptors (Lipinski definition) is 4. The Kier molecular flexibility index (Phi) is 4.27. The van der Waals surface area contributed by atoms with Gasteiger partial charge in [0.25, 0.3) is 5.91 Å². The van der Waals surface area contributed by atoms with E-state index in [9.17, 15) is 9.18 Å².